The van der Waals surface area contributed by atoms with Crippen LogP contribution in [0.3, 0.4) is 0 Å². The van der Waals surface area contributed by atoms with Crippen LogP contribution in [0.4, 0.5) is 4.39 Å². The van der Waals surface area contributed by atoms with Gasteiger partial charge in [-0.15, -0.1) is 0 Å². The Morgan fingerprint density at radius 2 is 1.95 bits per heavy atom. The molecule has 1 aliphatic heterocycles. The lowest BCUT2D eigenvalue weighted by Gasteiger charge is -2.37. The predicted molar refractivity (Wildman–Crippen MR) is 75.4 cm³/mol. The molecular formula is C16H24FNO. The van der Waals surface area contributed by atoms with E-state index in [9.17, 15) is 9.50 Å². The predicted octanol–water partition coefficient (Wildman–Crippen LogP) is 3.12. The van der Waals surface area contributed by atoms with Gasteiger partial charge in [0.15, 0.2) is 0 Å². The van der Waals surface area contributed by atoms with Crippen LogP contribution in [0.2, 0.25) is 0 Å². The molecule has 2 rings (SSSR count). The van der Waals surface area contributed by atoms with Crippen molar-refractivity contribution in [3.63, 3.8) is 0 Å². The topological polar surface area (TPSA) is 23.5 Å². The molecule has 0 aliphatic carbocycles. The third-order valence-corrected chi connectivity index (χ3v) is 4.19. The number of hydrogen-bond donors (Lipinski definition) is 1. The number of hydrogen-bond acceptors (Lipinski definition) is 2. The van der Waals surface area contributed by atoms with Crippen molar-refractivity contribution in [1.82, 2.24) is 4.90 Å². The zero-order valence-corrected chi connectivity index (χ0v) is 12.1. The SMILES string of the molecule is Cc1ccc(CN2CCC(C(C)(C)O)CC2)c(F)c1. The second-order valence-corrected chi connectivity index (χ2v) is 6.30. The van der Waals surface area contributed by atoms with Crippen LogP contribution in [0.5, 0.6) is 0 Å². The van der Waals surface area contributed by atoms with E-state index in [4.69, 9.17) is 0 Å². The average Bonchev–Trinajstić information content (AvgIpc) is 2.32. The third-order valence-electron chi connectivity index (χ3n) is 4.19. The fourth-order valence-electron chi connectivity index (χ4n) is 2.82. The Morgan fingerprint density at radius 1 is 1.32 bits per heavy atom. The molecule has 1 fully saturated rings. The second-order valence-electron chi connectivity index (χ2n) is 6.30. The number of nitrogens with zero attached hydrogens (tertiary/aromatic N) is 1. The van der Waals surface area contributed by atoms with Gasteiger partial charge in [0.1, 0.15) is 5.82 Å². The van der Waals surface area contributed by atoms with Gasteiger partial charge in [-0.25, -0.2) is 4.39 Å². The molecule has 2 nitrogen and oxygen atoms in total. The van der Waals surface area contributed by atoms with Gasteiger partial charge in [-0.3, -0.25) is 4.90 Å². The number of rotatable bonds is 3. The summed E-state index contributed by atoms with van der Waals surface area (Å²) in [5.41, 5.74) is 1.13. The maximum Gasteiger partial charge on any atom is 0.127 e. The summed E-state index contributed by atoms with van der Waals surface area (Å²) in [5.74, 6) is 0.247. The first-order chi connectivity index (χ1) is 8.86. The van der Waals surface area contributed by atoms with E-state index in [1.54, 1.807) is 6.07 Å². The van der Waals surface area contributed by atoms with Crippen molar-refractivity contribution in [3.05, 3.63) is 35.1 Å². The summed E-state index contributed by atoms with van der Waals surface area (Å²) in [4.78, 5) is 2.27. The number of aryl methyl sites for hydroxylation is 1. The van der Waals surface area contributed by atoms with Crippen LogP contribution < -0.4 is 0 Å². The van der Waals surface area contributed by atoms with Gasteiger partial charge in [0.2, 0.25) is 0 Å². The third kappa shape index (κ3) is 3.77. The van der Waals surface area contributed by atoms with Crippen molar-refractivity contribution >= 4 is 0 Å². The van der Waals surface area contributed by atoms with Crippen LogP contribution in [0.1, 0.15) is 37.8 Å². The molecule has 1 N–H and O–H groups in total. The van der Waals surface area contributed by atoms with Crippen molar-refractivity contribution < 1.29 is 9.50 Å². The lowest BCUT2D eigenvalue weighted by Crippen LogP contribution is -2.41. The van der Waals surface area contributed by atoms with Crippen molar-refractivity contribution in [3.8, 4) is 0 Å². The molecule has 1 aromatic rings. The first-order valence-corrected chi connectivity index (χ1v) is 7.06. The van der Waals surface area contributed by atoms with Crippen LogP contribution in [-0.2, 0) is 6.54 Å². The minimum atomic E-state index is -0.596. The Morgan fingerprint density at radius 3 is 2.47 bits per heavy atom. The van der Waals surface area contributed by atoms with E-state index >= 15 is 0 Å². The highest BCUT2D eigenvalue weighted by molar-refractivity contribution is 5.23. The molecule has 1 aliphatic rings. The smallest absolute Gasteiger partial charge is 0.127 e. The molecule has 106 valence electrons. The number of likely N-dealkylation sites (tertiary alicyclic amines) is 1. The zero-order chi connectivity index (χ0) is 14.0. The standard InChI is InChI=1S/C16H24FNO/c1-12-4-5-13(15(17)10-12)11-18-8-6-14(7-9-18)16(2,3)19/h4-5,10,14,19H,6-9,11H2,1-3H3. The molecule has 0 bridgehead atoms. The summed E-state index contributed by atoms with van der Waals surface area (Å²) in [6, 6.07) is 5.44. The Labute approximate surface area is 115 Å². The normalized spacial score (nSPS) is 18.8. The fraction of sp³-hybridized carbons (Fsp3) is 0.625. The van der Waals surface area contributed by atoms with E-state index in [1.165, 1.54) is 0 Å². The van der Waals surface area contributed by atoms with Gasteiger partial charge in [-0.1, -0.05) is 12.1 Å². The highest BCUT2D eigenvalue weighted by atomic mass is 19.1. The van der Waals surface area contributed by atoms with Gasteiger partial charge in [0.05, 0.1) is 5.60 Å². The number of aliphatic hydroxyl groups is 1. The van der Waals surface area contributed by atoms with E-state index in [-0.39, 0.29) is 5.82 Å². The van der Waals surface area contributed by atoms with Gasteiger partial charge in [-0.05, 0) is 64.3 Å². The van der Waals surface area contributed by atoms with Gasteiger partial charge in [0.25, 0.3) is 0 Å². The second kappa shape index (κ2) is 5.59. The quantitative estimate of drug-likeness (QED) is 0.907. The summed E-state index contributed by atoms with van der Waals surface area (Å²) in [7, 11) is 0. The number of halogens is 1. The van der Waals surface area contributed by atoms with E-state index < -0.39 is 5.60 Å². The Kier molecular flexibility index (Phi) is 4.26. The Hall–Kier alpha value is -0.930. The van der Waals surface area contributed by atoms with Gasteiger partial charge in [-0.2, -0.15) is 0 Å². The van der Waals surface area contributed by atoms with E-state index in [0.29, 0.717) is 12.5 Å². The monoisotopic (exact) mass is 265 g/mol. The van der Waals surface area contributed by atoms with E-state index in [2.05, 4.69) is 4.90 Å². The van der Waals surface area contributed by atoms with Crippen LogP contribution in [0.15, 0.2) is 18.2 Å². The summed E-state index contributed by atoms with van der Waals surface area (Å²) in [5, 5.41) is 10.0. The van der Waals surface area contributed by atoms with Crippen LogP contribution in [-0.4, -0.2) is 28.7 Å². The highest BCUT2D eigenvalue weighted by Crippen LogP contribution is 2.28. The van der Waals surface area contributed by atoms with Crippen molar-refractivity contribution in [2.24, 2.45) is 5.92 Å². The first-order valence-electron chi connectivity index (χ1n) is 7.06. The van der Waals surface area contributed by atoms with Gasteiger partial charge >= 0.3 is 0 Å². The van der Waals surface area contributed by atoms with Crippen molar-refractivity contribution in [1.29, 1.82) is 0 Å². The first kappa shape index (κ1) is 14.5. The number of benzene rings is 1. The van der Waals surface area contributed by atoms with Crippen LogP contribution in [0, 0.1) is 18.7 Å². The summed E-state index contributed by atoms with van der Waals surface area (Å²) in [6.07, 6.45) is 1.97. The molecule has 1 aromatic carbocycles. The molecule has 1 saturated heterocycles. The van der Waals surface area contributed by atoms with Gasteiger partial charge < -0.3 is 5.11 Å². The molecule has 0 atom stereocenters. The lowest BCUT2D eigenvalue weighted by atomic mass is 9.83. The summed E-state index contributed by atoms with van der Waals surface area (Å²) >= 11 is 0. The zero-order valence-electron chi connectivity index (χ0n) is 12.1. The van der Waals surface area contributed by atoms with E-state index in [1.807, 2.05) is 32.9 Å². The Bertz CT molecular complexity index is 431. The Balaban J connectivity index is 1.92. The molecule has 1 heterocycles. The molecule has 0 aromatic heterocycles. The molecule has 0 saturated carbocycles. The maximum absolute atomic E-state index is 13.8. The van der Waals surface area contributed by atoms with Gasteiger partial charge in [0, 0.05) is 12.1 Å². The number of piperidine rings is 1. The van der Waals surface area contributed by atoms with E-state index in [0.717, 1.165) is 37.1 Å². The lowest BCUT2D eigenvalue weighted by molar-refractivity contribution is -0.0137. The molecule has 0 unspecified atom stereocenters. The minimum absolute atomic E-state index is 0.107. The van der Waals surface area contributed by atoms with Crippen LogP contribution in [0.25, 0.3) is 0 Å². The maximum atomic E-state index is 13.8. The molecule has 3 heteroatoms. The minimum Gasteiger partial charge on any atom is -0.390 e. The molecule has 0 amide bonds. The average molecular weight is 265 g/mol. The fourth-order valence-corrected chi connectivity index (χ4v) is 2.82. The molecule has 0 spiro atoms. The molecule has 19 heavy (non-hydrogen) atoms. The summed E-state index contributed by atoms with van der Waals surface area (Å²) < 4.78 is 13.8. The van der Waals surface area contributed by atoms with Crippen LogP contribution >= 0.6 is 0 Å². The molecular weight excluding hydrogens is 241 g/mol. The van der Waals surface area contributed by atoms with Crippen molar-refractivity contribution in [2.45, 2.75) is 45.8 Å². The molecule has 0 radical (unpaired) electrons. The largest absolute Gasteiger partial charge is 0.390 e. The van der Waals surface area contributed by atoms with Crippen molar-refractivity contribution in [2.75, 3.05) is 13.1 Å². The summed E-state index contributed by atoms with van der Waals surface area (Å²) in [6.45, 7) is 8.20. The highest BCUT2D eigenvalue weighted by Gasteiger charge is 2.30.